The Kier molecular flexibility index (Phi) is 0.875. The minimum absolute atomic E-state index is 0.0482. The molecule has 0 spiro atoms. The molecule has 0 aliphatic rings. The summed E-state index contributed by atoms with van der Waals surface area (Å²) in [4.78, 5) is 0. The summed E-state index contributed by atoms with van der Waals surface area (Å²) in [5, 5.41) is 10.8. The van der Waals surface area contributed by atoms with E-state index in [1.165, 1.54) is 0 Å². The van der Waals surface area contributed by atoms with Crippen molar-refractivity contribution in [3.05, 3.63) is 34.6 Å². The van der Waals surface area contributed by atoms with Crippen molar-refractivity contribution in [2.24, 2.45) is 0 Å². The maximum absolute atomic E-state index is 7.74. The van der Waals surface area contributed by atoms with Crippen molar-refractivity contribution in [1.29, 1.82) is 0 Å². The highest BCUT2D eigenvalue weighted by Gasteiger charge is 1.99. The fraction of sp³-hybridized carbons (Fsp3) is 0.125. The van der Waals surface area contributed by atoms with Gasteiger partial charge in [-0.3, -0.25) is 0 Å². The largest absolute Gasteiger partial charge is 0.221 e. The first kappa shape index (κ1) is 3.49. The Morgan fingerprint density at radius 3 is 3.15 bits per heavy atom. The van der Waals surface area contributed by atoms with E-state index in [1.54, 1.807) is 0 Å². The molecule has 0 aliphatic carbocycles. The highest BCUT2D eigenvalue weighted by atomic mass is 79.9. The molecular formula is C8H7BrN4. The molecule has 0 radical (unpaired) electrons. The van der Waals surface area contributed by atoms with E-state index < -0.39 is 24.8 Å². The van der Waals surface area contributed by atoms with Crippen molar-refractivity contribution >= 4 is 15.9 Å². The lowest BCUT2D eigenvalue weighted by atomic mass is 10.5. The molecule has 0 fully saturated rings. The van der Waals surface area contributed by atoms with Gasteiger partial charge in [-0.05, 0) is 40.9 Å². The molecule has 2 heterocycles. The molecule has 0 N–H and O–H groups in total. The average Bonchev–Trinajstić information content (AvgIpc) is 2.64. The fourth-order valence-electron chi connectivity index (χ4n) is 0.700. The van der Waals surface area contributed by atoms with E-state index in [-0.39, 0.29) is 22.5 Å². The number of hydrogen-bond acceptors (Lipinski definition) is 3. The zero-order valence-electron chi connectivity index (χ0n) is 13.2. The molecule has 0 bridgehead atoms. The van der Waals surface area contributed by atoms with Crippen LogP contribution in [-0.2, 0) is 0 Å². The van der Waals surface area contributed by atoms with Gasteiger partial charge in [-0.1, -0.05) is 0 Å². The molecule has 2 aromatic heterocycles. The summed E-state index contributed by atoms with van der Waals surface area (Å²) in [5.41, 5.74) is -0.557. The maximum atomic E-state index is 7.74. The highest BCUT2D eigenvalue weighted by molar-refractivity contribution is 9.10. The van der Waals surface area contributed by atoms with E-state index in [4.69, 9.17) is 9.60 Å². The molecular weight excluding hydrogens is 232 g/mol. The smallest absolute Gasteiger partial charge is 0.175 e. The van der Waals surface area contributed by atoms with Gasteiger partial charge in [0.15, 0.2) is 5.82 Å². The Bertz CT molecular complexity index is 680. The molecule has 0 aliphatic heterocycles. The molecule has 2 aromatic rings. The van der Waals surface area contributed by atoms with Gasteiger partial charge in [0.1, 0.15) is 4.60 Å². The van der Waals surface area contributed by atoms with Crippen LogP contribution in [0.15, 0.2) is 28.9 Å². The predicted octanol–water partition coefficient (Wildman–Crippen LogP) is 1.73. The molecule has 0 saturated heterocycles. The van der Waals surface area contributed by atoms with Crippen LogP contribution in [0.3, 0.4) is 0 Å². The number of aromatic nitrogens is 4. The standard InChI is InChI=1S/C8H7BrN4/c1-6-4-5-13(12-6)8-3-2-7(9)10-11-8/h2-5H,1H3/i1D3,2D,3D,4D,5D. The minimum Gasteiger partial charge on any atom is -0.221 e. The van der Waals surface area contributed by atoms with Crippen LogP contribution in [0.4, 0.5) is 0 Å². The van der Waals surface area contributed by atoms with Gasteiger partial charge >= 0.3 is 0 Å². The van der Waals surface area contributed by atoms with Crippen molar-refractivity contribution in [3.8, 4) is 5.82 Å². The maximum Gasteiger partial charge on any atom is 0.175 e. The monoisotopic (exact) mass is 245 g/mol. The first-order chi connectivity index (χ1) is 9.14. The number of aryl methyl sites for hydroxylation is 1. The van der Waals surface area contributed by atoms with Crippen molar-refractivity contribution in [2.45, 2.75) is 6.85 Å². The molecule has 13 heavy (non-hydrogen) atoms. The number of rotatable bonds is 1. The van der Waals surface area contributed by atoms with Crippen LogP contribution in [0.5, 0.6) is 0 Å². The van der Waals surface area contributed by atoms with Crippen molar-refractivity contribution < 1.29 is 9.60 Å². The summed E-state index contributed by atoms with van der Waals surface area (Å²) in [6.45, 7) is -2.65. The van der Waals surface area contributed by atoms with E-state index in [0.717, 1.165) is 4.68 Å². The second-order valence-corrected chi connectivity index (χ2v) is 2.81. The SMILES string of the molecule is [2H]c1c(Br)nnc(-n2nc(C([2H])([2H])[2H])c([2H])c2[2H])c1[2H]. The Hall–Kier alpha value is -1.23. The van der Waals surface area contributed by atoms with Gasteiger partial charge < -0.3 is 0 Å². The predicted molar refractivity (Wildman–Crippen MR) is 51.6 cm³/mol. The Morgan fingerprint density at radius 1 is 1.46 bits per heavy atom. The number of nitrogens with zero attached hydrogens (tertiary/aromatic N) is 4. The van der Waals surface area contributed by atoms with Gasteiger partial charge in [0.05, 0.1) is 11.2 Å². The van der Waals surface area contributed by atoms with Crippen LogP contribution in [0.1, 0.15) is 15.3 Å². The lowest BCUT2D eigenvalue weighted by Crippen LogP contribution is -1.99. The minimum atomic E-state index is -2.65. The molecule has 2 rings (SSSR count). The summed E-state index contributed by atoms with van der Waals surface area (Å²) in [7, 11) is 0. The third-order valence-corrected chi connectivity index (χ3v) is 1.55. The van der Waals surface area contributed by atoms with Gasteiger partial charge in [-0.15, -0.1) is 10.2 Å². The van der Waals surface area contributed by atoms with Gasteiger partial charge in [0.2, 0.25) is 0 Å². The summed E-state index contributed by atoms with van der Waals surface area (Å²) in [6.07, 6.45) is -0.527. The Labute approximate surface area is 93.6 Å². The zero-order valence-corrected chi connectivity index (χ0v) is 7.75. The van der Waals surface area contributed by atoms with E-state index in [9.17, 15) is 0 Å². The van der Waals surface area contributed by atoms with E-state index in [0.29, 0.717) is 0 Å². The summed E-state index contributed by atoms with van der Waals surface area (Å²) in [6, 6.07) is -1.22. The number of halogens is 1. The molecule has 0 amide bonds. The first-order valence-corrected chi connectivity index (χ1v) is 4.00. The molecule has 4 nitrogen and oxygen atoms in total. The zero-order chi connectivity index (χ0) is 15.2. The van der Waals surface area contributed by atoms with Crippen LogP contribution in [-0.4, -0.2) is 20.0 Å². The lowest BCUT2D eigenvalue weighted by molar-refractivity contribution is 0.799. The van der Waals surface area contributed by atoms with E-state index in [2.05, 4.69) is 31.2 Å². The van der Waals surface area contributed by atoms with E-state index in [1.807, 2.05) is 0 Å². The third kappa shape index (κ3) is 1.75. The van der Waals surface area contributed by atoms with Crippen LogP contribution < -0.4 is 0 Å². The normalized spacial score (nSPS) is 19.0. The summed E-state index contributed by atoms with van der Waals surface area (Å²) >= 11 is 2.94. The quantitative estimate of drug-likeness (QED) is 0.769. The lowest BCUT2D eigenvalue weighted by Gasteiger charge is -1.97. The summed E-state index contributed by atoms with van der Waals surface area (Å²) in [5.74, 6) is -0.271. The van der Waals surface area contributed by atoms with E-state index >= 15 is 0 Å². The van der Waals surface area contributed by atoms with Gasteiger partial charge in [-0.25, -0.2) is 4.68 Å². The van der Waals surface area contributed by atoms with Crippen LogP contribution in [0.25, 0.3) is 5.82 Å². The van der Waals surface area contributed by atoms with Crippen LogP contribution in [0.2, 0.25) is 0 Å². The van der Waals surface area contributed by atoms with Gasteiger partial charge in [0, 0.05) is 10.3 Å². The Morgan fingerprint density at radius 2 is 2.38 bits per heavy atom. The number of hydrogen-bond donors (Lipinski definition) is 0. The Balaban J connectivity index is 2.69. The molecule has 0 atom stereocenters. The fourth-order valence-corrected chi connectivity index (χ4v) is 0.879. The molecule has 0 saturated carbocycles. The first-order valence-electron chi connectivity index (χ1n) is 6.71. The van der Waals surface area contributed by atoms with Crippen LogP contribution >= 0.6 is 15.9 Å². The second-order valence-electron chi connectivity index (χ2n) is 2.06. The average molecular weight is 246 g/mol. The van der Waals surface area contributed by atoms with Gasteiger partial charge in [-0.2, -0.15) is 5.10 Å². The topological polar surface area (TPSA) is 43.6 Å². The molecule has 5 heteroatoms. The summed E-state index contributed by atoms with van der Waals surface area (Å²) < 4.78 is 53.1. The van der Waals surface area contributed by atoms with Crippen molar-refractivity contribution in [1.82, 2.24) is 20.0 Å². The molecule has 0 aromatic carbocycles. The third-order valence-electron chi connectivity index (χ3n) is 1.19. The van der Waals surface area contributed by atoms with Crippen molar-refractivity contribution in [3.63, 3.8) is 0 Å². The van der Waals surface area contributed by atoms with Crippen LogP contribution in [0, 0.1) is 6.85 Å². The highest BCUT2D eigenvalue weighted by Crippen LogP contribution is 2.07. The van der Waals surface area contributed by atoms with Crippen molar-refractivity contribution in [2.75, 3.05) is 0 Å². The molecule has 0 unspecified atom stereocenters. The second kappa shape index (κ2) is 3.26. The van der Waals surface area contributed by atoms with Gasteiger partial charge in [0.25, 0.3) is 0 Å². The molecule has 66 valence electrons.